The third-order valence-electron chi connectivity index (χ3n) is 2.92. The Bertz CT molecular complexity index is 788. The van der Waals surface area contributed by atoms with Gasteiger partial charge >= 0.3 is 0 Å². The second-order valence-electron chi connectivity index (χ2n) is 4.73. The second-order valence-corrected chi connectivity index (χ2v) is 6.42. The van der Waals surface area contributed by atoms with Crippen molar-refractivity contribution in [2.75, 3.05) is 11.3 Å². The zero-order valence-corrected chi connectivity index (χ0v) is 13.2. The first-order valence-electron chi connectivity index (χ1n) is 6.92. The standard InChI is InChI=1S/C15H16N2O5S/c1-2-10-22-14-5-3-4-12(11-14)16-23(20,21)15-8-6-13(7-9-15)17(18)19/h3-9,11,16H,2,10H2,1H3. The van der Waals surface area contributed by atoms with Crippen LogP contribution in [0.5, 0.6) is 5.75 Å². The van der Waals surface area contributed by atoms with Gasteiger partial charge in [0.2, 0.25) is 0 Å². The van der Waals surface area contributed by atoms with Gasteiger partial charge in [-0.3, -0.25) is 14.8 Å². The highest BCUT2D eigenvalue weighted by atomic mass is 32.2. The number of hydrogen-bond donors (Lipinski definition) is 1. The molecular formula is C15H16N2O5S. The number of benzene rings is 2. The van der Waals surface area contributed by atoms with Crippen LogP contribution in [0, 0.1) is 10.1 Å². The Morgan fingerprint density at radius 2 is 1.87 bits per heavy atom. The Morgan fingerprint density at radius 1 is 1.17 bits per heavy atom. The Hall–Kier alpha value is -2.61. The van der Waals surface area contributed by atoms with Crippen LogP contribution in [0.15, 0.2) is 53.4 Å². The van der Waals surface area contributed by atoms with Crippen LogP contribution in [0.3, 0.4) is 0 Å². The Kier molecular flexibility index (Phi) is 5.17. The van der Waals surface area contributed by atoms with Crippen LogP contribution >= 0.6 is 0 Å². The lowest BCUT2D eigenvalue weighted by molar-refractivity contribution is -0.384. The van der Waals surface area contributed by atoms with Gasteiger partial charge < -0.3 is 4.74 Å². The summed E-state index contributed by atoms with van der Waals surface area (Å²) in [5.41, 5.74) is 0.191. The maximum atomic E-state index is 12.3. The van der Waals surface area contributed by atoms with E-state index >= 15 is 0 Å². The summed E-state index contributed by atoms with van der Waals surface area (Å²) < 4.78 is 32.4. The minimum absolute atomic E-state index is 0.0528. The number of nitrogens with zero attached hydrogens (tertiary/aromatic N) is 1. The SMILES string of the molecule is CCCOc1cccc(NS(=O)(=O)c2ccc([N+](=O)[O-])cc2)c1. The van der Waals surface area contributed by atoms with E-state index in [0.29, 0.717) is 18.0 Å². The van der Waals surface area contributed by atoms with Crippen molar-refractivity contribution in [1.29, 1.82) is 0 Å². The Balaban J connectivity index is 2.19. The molecule has 0 bridgehead atoms. The average Bonchev–Trinajstić information content (AvgIpc) is 2.53. The zero-order valence-electron chi connectivity index (χ0n) is 12.4. The lowest BCUT2D eigenvalue weighted by Gasteiger charge is -2.10. The molecule has 0 atom stereocenters. The van der Waals surface area contributed by atoms with Crippen LogP contribution < -0.4 is 9.46 Å². The van der Waals surface area contributed by atoms with Crippen molar-refractivity contribution in [1.82, 2.24) is 0 Å². The molecule has 23 heavy (non-hydrogen) atoms. The molecule has 0 fully saturated rings. The number of non-ortho nitro benzene ring substituents is 1. The van der Waals surface area contributed by atoms with Crippen molar-refractivity contribution in [3.05, 3.63) is 58.6 Å². The lowest BCUT2D eigenvalue weighted by Crippen LogP contribution is -2.13. The average molecular weight is 336 g/mol. The maximum absolute atomic E-state index is 12.3. The molecule has 7 nitrogen and oxygen atoms in total. The summed E-state index contributed by atoms with van der Waals surface area (Å²) in [6.07, 6.45) is 0.846. The molecule has 0 heterocycles. The molecule has 1 N–H and O–H groups in total. The van der Waals surface area contributed by atoms with Crippen LogP contribution in [0.4, 0.5) is 11.4 Å². The summed E-state index contributed by atoms with van der Waals surface area (Å²) >= 11 is 0. The van der Waals surface area contributed by atoms with Crippen LogP contribution in [-0.4, -0.2) is 19.9 Å². The van der Waals surface area contributed by atoms with E-state index in [1.54, 1.807) is 24.3 Å². The van der Waals surface area contributed by atoms with Gasteiger partial charge in [0.1, 0.15) is 5.75 Å². The number of sulfonamides is 1. The van der Waals surface area contributed by atoms with Gasteiger partial charge in [0.15, 0.2) is 0 Å². The molecule has 0 aromatic heterocycles. The molecule has 0 radical (unpaired) electrons. The van der Waals surface area contributed by atoms with E-state index in [2.05, 4.69) is 4.72 Å². The molecule has 2 aromatic rings. The maximum Gasteiger partial charge on any atom is 0.269 e. The molecular weight excluding hydrogens is 320 g/mol. The van der Waals surface area contributed by atoms with Gasteiger partial charge in [0.25, 0.3) is 15.7 Å². The van der Waals surface area contributed by atoms with E-state index in [-0.39, 0.29) is 10.6 Å². The van der Waals surface area contributed by atoms with Crippen molar-refractivity contribution in [2.24, 2.45) is 0 Å². The Labute approximate surface area is 134 Å². The highest BCUT2D eigenvalue weighted by molar-refractivity contribution is 7.92. The van der Waals surface area contributed by atoms with E-state index in [4.69, 9.17) is 4.74 Å². The van der Waals surface area contributed by atoms with Gasteiger partial charge in [0, 0.05) is 18.2 Å². The molecule has 0 saturated heterocycles. The molecule has 0 amide bonds. The summed E-state index contributed by atoms with van der Waals surface area (Å²) in [5, 5.41) is 10.6. The fourth-order valence-electron chi connectivity index (χ4n) is 1.83. The van der Waals surface area contributed by atoms with Gasteiger partial charge in [-0.15, -0.1) is 0 Å². The number of nitrogens with one attached hydrogen (secondary N) is 1. The minimum Gasteiger partial charge on any atom is -0.494 e. The highest BCUT2D eigenvalue weighted by Crippen LogP contribution is 2.22. The largest absolute Gasteiger partial charge is 0.494 e. The van der Waals surface area contributed by atoms with Crippen LogP contribution in [0.2, 0.25) is 0 Å². The van der Waals surface area contributed by atoms with Crippen molar-refractivity contribution in [2.45, 2.75) is 18.2 Å². The number of nitro groups is 1. The molecule has 0 aliphatic carbocycles. The summed E-state index contributed by atoms with van der Waals surface area (Å²) in [5.74, 6) is 0.566. The van der Waals surface area contributed by atoms with Gasteiger partial charge in [-0.2, -0.15) is 0 Å². The van der Waals surface area contributed by atoms with E-state index < -0.39 is 14.9 Å². The van der Waals surface area contributed by atoms with E-state index in [1.807, 2.05) is 6.92 Å². The van der Waals surface area contributed by atoms with E-state index in [0.717, 1.165) is 18.6 Å². The smallest absolute Gasteiger partial charge is 0.269 e. The third kappa shape index (κ3) is 4.43. The molecule has 2 rings (SSSR count). The van der Waals surface area contributed by atoms with E-state index in [9.17, 15) is 18.5 Å². The predicted octanol–water partition coefficient (Wildman–Crippen LogP) is 3.18. The molecule has 122 valence electrons. The first-order chi connectivity index (χ1) is 10.9. The summed E-state index contributed by atoms with van der Waals surface area (Å²) in [6.45, 7) is 2.51. The van der Waals surface area contributed by atoms with Crippen molar-refractivity contribution in [3.63, 3.8) is 0 Å². The van der Waals surface area contributed by atoms with Gasteiger partial charge in [-0.05, 0) is 30.7 Å². The number of nitro benzene ring substituents is 1. The van der Waals surface area contributed by atoms with Crippen molar-refractivity contribution < 1.29 is 18.1 Å². The molecule has 2 aromatic carbocycles. The van der Waals surface area contributed by atoms with Crippen LogP contribution in [-0.2, 0) is 10.0 Å². The monoisotopic (exact) mass is 336 g/mol. The molecule has 0 spiro atoms. The van der Waals surface area contributed by atoms with Crippen LogP contribution in [0.1, 0.15) is 13.3 Å². The third-order valence-corrected chi connectivity index (χ3v) is 4.31. The van der Waals surface area contributed by atoms with Gasteiger partial charge in [-0.1, -0.05) is 13.0 Å². The first kappa shape index (κ1) is 16.8. The lowest BCUT2D eigenvalue weighted by atomic mass is 10.3. The van der Waals surface area contributed by atoms with Crippen LogP contribution in [0.25, 0.3) is 0 Å². The molecule has 0 unspecified atom stereocenters. The van der Waals surface area contributed by atoms with Gasteiger partial charge in [0.05, 0.1) is 22.1 Å². The number of ether oxygens (including phenoxy) is 1. The molecule has 0 aliphatic heterocycles. The number of anilines is 1. The summed E-state index contributed by atoms with van der Waals surface area (Å²) in [7, 11) is -3.82. The minimum atomic E-state index is -3.82. The van der Waals surface area contributed by atoms with Crippen molar-refractivity contribution >= 4 is 21.4 Å². The number of rotatable bonds is 7. The quantitative estimate of drug-likeness (QED) is 0.618. The first-order valence-corrected chi connectivity index (χ1v) is 8.41. The normalized spacial score (nSPS) is 11.0. The summed E-state index contributed by atoms with van der Waals surface area (Å²) in [4.78, 5) is 9.97. The van der Waals surface area contributed by atoms with Gasteiger partial charge in [-0.25, -0.2) is 8.42 Å². The zero-order chi connectivity index (χ0) is 16.9. The summed E-state index contributed by atoms with van der Waals surface area (Å²) in [6, 6.07) is 11.3. The highest BCUT2D eigenvalue weighted by Gasteiger charge is 2.16. The fourth-order valence-corrected chi connectivity index (χ4v) is 2.88. The predicted molar refractivity (Wildman–Crippen MR) is 86.1 cm³/mol. The fraction of sp³-hybridized carbons (Fsp3) is 0.200. The second kappa shape index (κ2) is 7.10. The topological polar surface area (TPSA) is 98.5 Å². The Morgan fingerprint density at radius 3 is 2.48 bits per heavy atom. The number of hydrogen-bond acceptors (Lipinski definition) is 5. The molecule has 0 aliphatic rings. The van der Waals surface area contributed by atoms with Crippen molar-refractivity contribution in [3.8, 4) is 5.75 Å². The molecule has 8 heteroatoms. The van der Waals surface area contributed by atoms with E-state index in [1.165, 1.54) is 12.1 Å². The molecule has 0 saturated carbocycles.